The van der Waals surface area contributed by atoms with Crippen LogP contribution in [0.25, 0.3) is 0 Å². The first-order valence-corrected chi connectivity index (χ1v) is 6.50. The zero-order chi connectivity index (χ0) is 11.5. The van der Waals surface area contributed by atoms with E-state index in [0.29, 0.717) is 5.69 Å². The summed E-state index contributed by atoms with van der Waals surface area (Å²) in [5.41, 5.74) is 7.04. The number of nitrogens with two attached hydrogens (primary N) is 1. The monoisotopic (exact) mass is 239 g/mol. The van der Waals surface area contributed by atoms with Gasteiger partial charge in [-0.05, 0) is 54.7 Å². The Kier molecular flexibility index (Phi) is 3.58. The van der Waals surface area contributed by atoms with Crippen LogP contribution in [0, 0.1) is 0 Å². The first-order chi connectivity index (χ1) is 7.68. The van der Waals surface area contributed by atoms with Gasteiger partial charge in [0.1, 0.15) is 0 Å². The van der Waals surface area contributed by atoms with Gasteiger partial charge in [-0.1, -0.05) is 12.1 Å². The Balaban J connectivity index is 2.24. The molecule has 2 rings (SSSR count). The molecule has 2 unspecified atom stereocenters. The van der Waals surface area contributed by atoms with E-state index in [1.54, 1.807) is 24.3 Å². The third-order valence-corrected chi connectivity index (χ3v) is 3.81. The van der Waals surface area contributed by atoms with Crippen LogP contribution < -0.4 is 5.73 Å². The molecule has 1 aromatic rings. The SMILES string of the molecule is Nc1ccc(C(N2CCCC2)S(=O)[O-])cc1. The Labute approximate surface area is 97.7 Å². The Hall–Kier alpha value is -0.910. The number of nitrogens with zero attached hydrogens (tertiary/aromatic N) is 1. The lowest BCUT2D eigenvalue weighted by molar-refractivity contribution is 0.302. The number of hydrogen-bond donors (Lipinski definition) is 1. The van der Waals surface area contributed by atoms with E-state index in [9.17, 15) is 8.76 Å². The highest BCUT2D eigenvalue weighted by atomic mass is 32.2. The molecule has 0 spiro atoms. The van der Waals surface area contributed by atoms with Gasteiger partial charge in [0.2, 0.25) is 0 Å². The van der Waals surface area contributed by atoms with Crippen LogP contribution in [0.4, 0.5) is 5.69 Å². The van der Waals surface area contributed by atoms with Crippen LogP contribution in [0.5, 0.6) is 0 Å². The minimum Gasteiger partial charge on any atom is -0.771 e. The van der Waals surface area contributed by atoms with Crippen molar-refractivity contribution >= 4 is 16.8 Å². The third kappa shape index (κ3) is 2.42. The number of likely N-dealkylation sites (tertiary alicyclic amines) is 1. The van der Waals surface area contributed by atoms with Crippen molar-refractivity contribution in [1.29, 1.82) is 0 Å². The van der Waals surface area contributed by atoms with Crippen molar-refractivity contribution in [2.75, 3.05) is 18.8 Å². The van der Waals surface area contributed by atoms with Gasteiger partial charge in [-0.15, -0.1) is 0 Å². The van der Waals surface area contributed by atoms with Gasteiger partial charge in [-0.2, -0.15) is 0 Å². The van der Waals surface area contributed by atoms with Gasteiger partial charge in [0, 0.05) is 5.69 Å². The minimum atomic E-state index is -2.12. The Morgan fingerprint density at radius 2 is 1.81 bits per heavy atom. The molecule has 0 bridgehead atoms. The van der Waals surface area contributed by atoms with Crippen LogP contribution in [0.1, 0.15) is 23.8 Å². The summed E-state index contributed by atoms with van der Waals surface area (Å²) in [5, 5.41) is -0.525. The summed E-state index contributed by atoms with van der Waals surface area (Å²) in [6, 6.07) is 7.05. The highest BCUT2D eigenvalue weighted by Crippen LogP contribution is 2.27. The number of rotatable bonds is 3. The molecule has 88 valence electrons. The van der Waals surface area contributed by atoms with Crippen molar-refractivity contribution in [3.63, 3.8) is 0 Å². The fraction of sp³-hybridized carbons (Fsp3) is 0.455. The van der Waals surface area contributed by atoms with Gasteiger partial charge < -0.3 is 10.3 Å². The van der Waals surface area contributed by atoms with Gasteiger partial charge in [0.15, 0.2) is 0 Å². The molecule has 0 aromatic heterocycles. The van der Waals surface area contributed by atoms with E-state index in [-0.39, 0.29) is 0 Å². The first kappa shape index (κ1) is 11.6. The molecule has 1 aliphatic rings. The van der Waals surface area contributed by atoms with Gasteiger partial charge in [0.25, 0.3) is 0 Å². The quantitative estimate of drug-likeness (QED) is 0.636. The van der Waals surface area contributed by atoms with Crippen molar-refractivity contribution in [2.24, 2.45) is 0 Å². The molecule has 5 heteroatoms. The Bertz CT molecular complexity index is 374. The standard InChI is InChI=1S/C11H16N2O2S/c12-10-5-3-9(4-6-10)11(16(14)15)13-7-1-2-8-13/h3-6,11H,1-2,7-8,12H2,(H,14,15)/p-1. The van der Waals surface area contributed by atoms with Crippen LogP contribution in [0.3, 0.4) is 0 Å². The number of benzene rings is 1. The second kappa shape index (κ2) is 4.95. The van der Waals surface area contributed by atoms with Crippen LogP contribution in [0.2, 0.25) is 0 Å². The lowest BCUT2D eigenvalue weighted by atomic mass is 10.2. The lowest BCUT2D eigenvalue weighted by Gasteiger charge is -2.29. The molecular weight excluding hydrogens is 224 g/mol. The largest absolute Gasteiger partial charge is 0.771 e. The van der Waals surface area contributed by atoms with E-state index in [0.717, 1.165) is 31.5 Å². The molecule has 1 fully saturated rings. The smallest absolute Gasteiger partial charge is 0.0982 e. The van der Waals surface area contributed by atoms with E-state index in [2.05, 4.69) is 0 Å². The molecule has 1 aromatic carbocycles. The average Bonchev–Trinajstić information content (AvgIpc) is 2.74. The van der Waals surface area contributed by atoms with Crippen molar-refractivity contribution in [2.45, 2.75) is 18.2 Å². The maximum Gasteiger partial charge on any atom is 0.0982 e. The first-order valence-electron chi connectivity index (χ1n) is 5.36. The summed E-state index contributed by atoms with van der Waals surface area (Å²) in [6.45, 7) is 1.70. The van der Waals surface area contributed by atoms with Gasteiger partial charge >= 0.3 is 0 Å². The van der Waals surface area contributed by atoms with Crippen LogP contribution in [-0.4, -0.2) is 26.8 Å². The highest BCUT2D eigenvalue weighted by Gasteiger charge is 2.23. The van der Waals surface area contributed by atoms with E-state index in [1.807, 2.05) is 4.90 Å². The fourth-order valence-corrected chi connectivity index (χ4v) is 2.91. The van der Waals surface area contributed by atoms with Crippen molar-refractivity contribution in [3.05, 3.63) is 29.8 Å². The highest BCUT2D eigenvalue weighted by molar-refractivity contribution is 7.79. The van der Waals surface area contributed by atoms with E-state index >= 15 is 0 Å². The zero-order valence-corrected chi connectivity index (χ0v) is 9.78. The minimum absolute atomic E-state index is 0.525. The molecule has 1 saturated heterocycles. The number of nitrogen functional groups attached to an aromatic ring is 1. The maximum atomic E-state index is 11.3. The van der Waals surface area contributed by atoms with Crippen LogP contribution >= 0.6 is 0 Å². The normalized spacial score (nSPS) is 20.8. The van der Waals surface area contributed by atoms with Gasteiger partial charge in [0.05, 0.1) is 5.37 Å². The van der Waals surface area contributed by atoms with Gasteiger partial charge in [-0.25, -0.2) is 0 Å². The molecule has 16 heavy (non-hydrogen) atoms. The lowest BCUT2D eigenvalue weighted by Crippen LogP contribution is -2.28. The van der Waals surface area contributed by atoms with Gasteiger partial charge in [-0.3, -0.25) is 9.11 Å². The van der Waals surface area contributed by atoms with Crippen molar-refractivity contribution in [3.8, 4) is 0 Å². The summed E-state index contributed by atoms with van der Waals surface area (Å²) in [5.74, 6) is 0. The van der Waals surface area contributed by atoms with Crippen molar-refractivity contribution < 1.29 is 8.76 Å². The number of hydrogen-bond acceptors (Lipinski definition) is 4. The molecule has 2 atom stereocenters. The number of anilines is 1. The molecule has 0 amide bonds. The second-order valence-electron chi connectivity index (χ2n) is 4.02. The average molecular weight is 239 g/mol. The van der Waals surface area contributed by atoms with Crippen molar-refractivity contribution in [1.82, 2.24) is 4.90 Å². The second-order valence-corrected chi connectivity index (χ2v) is 4.99. The van der Waals surface area contributed by atoms with E-state index in [4.69, 9.17) is 5.73 Å². The van der Waals surface area contributed by atoms with Crippen LogP contribution in [-0.2, 0) is 11.1 Å². The summed E-state index contributed by atoms with van der Waals surface area (Å²) < 4.78 is 22.6. The predicted octanol–water partition coefficient (Wildman–Crippen LogP) is 1.24. The van der Waals surface area contributed by atoms with E-state index < -0.39 is 16.5 Å². The summed E-state index contributed by atoms with van der Waals surface area (Å²) in [4.78, 5) is 1.99. The summed E-state index contributed by atoms with van der Waals surface area (Å²) in [6.07, 6.45) is 2.14. The van der Waals surface area contributed by atoms with Crippen LogP contribution in [0.15, 0.2) is 24.3 Å². The molecule has 0 saturated carbocycles. The summed E-state index contributed by atoms with van der Waals surface area (Å²) in [7, 11) is 0. The molecule has 1 aliphatic heterocycles. The molecule has 2 N–H and O–H groups in total. The molecule has 0 aliphatic carbocycles. The molecular formula is C11H15N2O2S-. The Morgan fingerprint density at radius 1 is 1.25 bits per heavy atom. The maximum absolute atomic E-state index is 11.3. The third-order valence-electron chi connectivity index (χ3n) is 2.88. The molecule has 4 nitrogen and oxygen atoms in total. The Morgan fingerprint density at radius 3 is 2.31 bits per heavy atom. The fourth-order valence-electron chi connectivity index (χ4n) is 2.08. The topological polar surface area (TPSA) is 69.4 Å². The molecule has 1 heterocycles. The summed E-state index contributed by atoms with van der Waals surface area (Å²) >= 11 is -2.12. The zero-order valence-electron chi connectivity index (χ0n) is 8.96. The van der Waals surface area contributed by atoms with E-state index in [1.165, 1.54) is 0 Å². The predicted molar refractivity (Wildman–Crippen MR) is 63.3 cm³/mol. The molecule has 0 radical (unpaired) electrons.